The van der Waals surface area contributed by atoms with Crippen LogP contribution in [-0.4, -0.2) is 22.4 Å². The molecule has 0 saturated carbocycles. The van der Waals surface area contributed by atoms with Gasteiger partial charge in [0.15, 0.2) is 0 Å². The van der Waals surface area contributed by atoms with Crippen LogP contribution in [0.2, 0.25) is 10.4 Å². The van der Waals surface area contributed by atoms with Crippen LogP contribution in [0.3, 0.4) is 0 Å². The number of piperidine rings is 1. The number of nitrogens with one attached hydrogen (secondary N) is 1. The minimum Gasteiger partial charge on any atom is -0.355 e. The lowest BCUT2D eigenvalue weighted by Crippen LogP contribution is -2.34. The van der Waals surface area contributed by atoms with Crippen LogP contribution in [0.4, 0.5) is 0 Å². The van der Waals surface area contributed by atoms with Crippen molar-refractivity contribution in [2.75, 3.05) is 6.54 Å². The van der Waals surface area contributed by atoms with Crippen molar-refractivity contribution in [2.24, 2.45) is 0 Å². The molecule has 1 fully saturated rings. The van der Waals surface area contributed by atoms with Gasteiger partial charge in [-0.25, -0.2) is 9.97 Å². The summed E-state index contributed by atoms with van der Waals surface area (Å²) < 4.78 is 0. The first kappa shape index (κ1) is 10.6. The van der Waals surface area contributed by atoms with Gasteiger partial charge in [-0.05, 0) is 24.1 Å². The summed E-state index contributed by atoms with van der Waals surface area (Å²) >= 11 is 11.5. The summed E-state index contributed by atoms with van der Waals surface area (Å²) in [6.07, 6.45) is 1.29. The van der Waals surface area contributed by atoms with Crippen LogP contribution < -0.4 is 5.32 Å². The maximum absolute atomic E-state index is 11.0. The highest BCUT2D eigenvalue weighted by Gasteiger charge is 2.21. The summed E-state index contributed by atoms with van der Waals surface area (Å²) in [5, 5.41) is 3.27. The van der Waals surface area contributed by atoms with Crippen molar-refractivity contribution in [3.05, 3.63) is 22.2 Å². The summed E-state index contributed by atoms with van der Waals surface area (Å²) in [4.78, 5) is 18.9. The van der Waals surface area contributed by atoms with E-state index < -0.39 is 0 Å². The lowest BCUT2D eigenvalue weighted by molar-refractivity contribution is -0.122. The number of halogens is 2. The second kappa shape index (κ2) is 4.33. The van der Waals surface area contributed by atoms with Gasteiger partial charge in [-0.3, -0.25) is 4.79 Å². The molecule has 1 N–H and O–H groups in total. The summed E-state index contributed by atoms with van der Waals surface area (Å²) in [7, 11) is 0. The molecule has 4 nitrogen and oxygen atoms in total. The first-order valence-corrected chi connectivity index (χ1v) is 5.37. The van der Waals surface area contributed by atoms with Crippen molar-refractivity contribution in [3.8, 4) is 0 Å². The van der Waals surface area contributed by atoms with Crippen LogP contribution in [0.15, 0.2) is 6.07 Å². The van der Waals surface area contributed by atoms with Crippen LogP contribution in [0.5, 0.6) is 0 Å². The molecule has 2 heterocycles. The monoisotopic (exact) mass is 245 g/mol. The average molecular weight is 246 g/mol. The molecule has 1 aromatic rings. The number of rotatable bonds is 1. The van der Waals surface area contributed by atoms with Crippen LogP contribution in [-0.2, 0) is 4.79 Å². The zero-order chi connectivity index (χ0) is 10.8. The topological polar surface area (TPSA) is 54.9 Å². The Labute approximate surface area is 97.0 Å². The van der Waals surface area contributed by atoms with Crippen LogP contribution in [0, 0.1) is 0 Å². The molecule has 6 heteroatoms. The largest absolute Gasteiger partial charge is 0.355 e. The molecular weight excluding hydrogens is 237 g/mol. The fourth-order valence-corrected chi connectivity index (χ4v) is 2.02. The summed E-state index contributed by atoms with van der Waals surface area (Å²) in [5.41, 5.74) is 0.792. The Bertz CT molecular complexity index is 367. The smallest absolute Gasteiger partial charge is 0.224 e. The Kier molecular flexibility index (Phi) is 3.07. The van der Waals surface area contributed by atoms with Crippen molar-refractivity contribution in [1.29, 1.82) is 0 Å². The molecule has 1 aromatic heterocycles. The van der Waals surface area contributed by atoms with E-state index in [0.717, 1.165) is 12.1 Å². The van der Waals surface area contributed by atoms with E-state index in [4.69, 9.17) is 23.2 Å². The molecule has 0 bridgehead atoms. The lowest BCUT2D eigenvalue weighted by Gasteiger charge is -2.21. The molecule has 0 aliphatic carbocycles. The van der Waals surface area contributed by atoms with Gasteiger partial charge in [0, 0.05) is 18.9 Å². The molecule has 0 spiro atoms. The van der Waals surface area contributed by atoms with Crippen molar-refractivity contribution in [1.82, 2.24) is 15.3 Å². The minimum absolute atomic E-state index is 0.0810. The third kappa shape index (κ3) is 2.58. The second-order valence-corrected chi connectivity index (χ2v) is 4.15. The predicted molar refractivity (Wildman–Crippen MR) is 57.0 cm³/mol. The van der Waals surface area contributed by atoms with Gasteiger partial charge in [-0.2, -0.15) is 0 Å². The van der Waals surface area contributed by atoms with Gasteiger partial charge in [0.1, 0.15) is 5.15 Å². The van der Waals surface area contributed by atoms with Gasteiger partial charge in [0.2, 0.25) is 11.2 Å². The summed E-state index contributed by atoms with van der Waals surface area (Å²) in [5.74, 6) is 0.262. The highest BCUT2D eigenvalue weighted by molar-refractivity contribution is 6.31. The van der Waals surface area contributed by atoms with Crippen LogP contribution in [0.1, 0.15) is 24.5 Å². The van der Waals surface area contributed by atoms with Gasteiger partial charge in [-0.15, -0.1) is 0 Å². The predicted octanol–water partition coefficient (Wildman–Crippen LogP) is 1.78. The van der Waals surface area contributed by atoms with Gasteiger partial charge >= 0.3 is 0 Å². The zero-order valence-corrected chi connectivity index (χ0v) is 9.35. The van der Waals surface area contributed by atoms with Crippen molar-refractivity contribution < 1.29 is 4.79 Å². The van der Waals surface area contributed by atoms with E-state index in [1.54, 1.807) is 6.07 Å². The quantitative estimate of drug-likeness (QED) is 0.607. The fourth-order valence-electron chi connectivity index (χ4n) is 1.60. The highest BCUT2D eigenvalue weighted by Crippen LogP contribution is 2.24. The Hall–Kier alpha value is -0.870. The molecule has 1 amide bonds. The number of carbonyl (C=O) groups is 1. The maximum Gasteiger partial charge on any atom is 0.224 e. The number of aromatic nitrogens is 2. The van der Waals surface area contributed by atoms with Gasteiger partial charge in [0.05, 0.1) is 5.69 Å². The van der Waals surface area contributed by atoms with E-state index in [1.807, 2.05) is 0 Å². The highest BCUT2D eigenvalue weighted by atomic mass is 35.5. The molecule has 1 saturated heterocycles. The molecule has 1 aliphatic heterocycles. The van der Waals surface area contributed by atoms with E-state index in [2.05, 4.69) is 15.3 Å². The maximum atomic E-state index is 11.0. The number of carbonyl (C=O) groups excluding carboxylic acids is 1. The van der Waals surface area contributed by atoms with E-state index in [9.17, 15) is 4.79 Å². The zero-order valence-electron chi connectivity index (χ0n) is 7.83. The van der Waals surface area contributed by atoms with E-state index >= 15 is 0 Å². The molecule has 1 aliphatic rings. The average Bonchev–Trinajstić information content (AvgIpc) is 2.17. The molecule has 2 rings (SSSR count). The molecule has 1 unspecified atom stereocenters. The van der Waals surface area contributed by atoms with Crippen LogP contribution in [0.25, 0.3) is 0 Å². The van der Waals surface area contributed by atoms with E-state index in [0.29, 0.717) is 18.1 Å². The number of hydrogen-bond acceptors (Lipinski definition) is 3. The van der Waals surface area contributed by atoms with Crippen molar-refractivity contribution in [2.45, 2.75) is 18.8 Å². The van der Waals surface area contributed by atoms with Gasteiger partial charge in [0.25, 0.3) is 0 Å². The van der Waals surface area contributed by atoms with Crippen LogP contribution >= 0.6 is 23.2 Å². The van der Waals surface area contributed by atoms with Crippen molar-refractivity contribution in [3.63, 3.8) is 0 Å². The standard InChI is InChI=1S/C9H9Cl2N3O/c10-7-3-6(13-9(11)14-7)5-1-2-8(15)12-4-5/h3,5H,1-2,4H2,(H,12,15). The number of hydrogen-bond donors (Lipinski definition) is 1. The Morgan fingerprint density at radius 2 is 2.20 bits per heavy atom. The molecule has 80 valence electrons. The number of nitrogens with zero attached hydrogens (tertiary/aromatic N) is 2. The fraction of sp³-hybridized carbons (Fsp3) is 0.444. The Morgan fingerprint density at radius 1 is 1.40 bits per heavy atom. The van der Waals surface area contributed by atoms with E-state index in [-0.39, 0.29) is 17.1 Å². The normalized spacial score (nSPS) is 21.2. The Balaban J connectivity index is 2.18. The van der Waals surface area contributed by atoms with E-state index in [1.165, 1.54) is 0 Å². The van der Waals surface area contributed by atoms with Gasteiger partial charge < -0.3 is 5.32 Å². The minimum atomic E-state index is 0.0810. The summed E-state index contributed by atoms with van der Waals surface area (Å²) in [6, 6.07) is 1.69. The first-order chi connectivity index (χ1) is 7.15. The molecular formula is C9H9Cl2N3O. The molecule has 0 radical (unpaired) electrons. The number of amides is 1. The Morgan fingerprint density at radius 3 is 2.80 bits per heavy atom. The van der Waals surface area contributed by atoms with Crippen molar-refractivity contribution >= 4 is 29.1 Å². The summed E-state index contributed by atoms with van der Waals surface area (Å²) in [6.45, 7) is 0.586. The first-order valence-electron chi connectivity index (χ1n) is 4.62. The molecule has 1 atom stereocenters. The molecule has 15 heavy (non-hydrogen) atoms. The van der Waals surface area contributed by atoms with Gasteiger partial charge in [-0.1, -0.05) is 11.6 Å². The lowest BCUT2D eigenvalue weighted by atomic mass is 9.96. The second-order valence-electron chi connectivity index (χ2n) is 3.42. The SMILES string of the molecule is O=C1CCC(c2cc(Cl)nc(Cl)n2)CN1. The third-order valence-corrected chi connectivity index (χ3v) is 2.73. The molecule has 0 aromatic carbocycles. The third-order valence-electron chi connectivity index (χ3n) is 2.37.